The van der Waals surface area contributed by atoms with Crippen molar-refractivity contribution in [3.63, 3.8) is 0 Å². The first-order chi connectivity index (χ1) is 13.6. The fourth-order valence-electron chi connectivity index (χ4n) is 2.70. The van der Waals surface area contributed by atoms with E-state index in [4.69, 9.17) is 0 Å². The van der Waals surface area contributed by atoms with Gasteiger partial charge >= 0.3 is 0 Å². The quantitative estimate of drug-likeness (QED) is 0.429. The summed E-state index contributed by atoms with van der Waals surface area (Å²) in [5.74, 6) is 1.67. The average Bonchev–Trinajstić information content (AvgIpc) is 3.25. The lowest BCUT2D eigenvalue weighted by Gasteiger charge is -2.28. The van der Waals surface area contributed by atoms with Crippen LogP contribution >= 0.6 is 0 Å². The standard InChI is InChI=1S/C18H22N6O.C3H8/c1-3-16(23-22-13(2)24-10-8-19-9-11-24)15-5-4-14(12-17(15)25)18-20-6-7-21-18;1-3-2/h3-7,12,19,25H,1,8-11H2,2H3,(H,20,21);3H2,1-2H3/b22-13+,23-16+;. The molecule has 1 aromatic carbocycles. The zero-order valence-electron chi connectivity index (χ0n) is 16.9. The van der Waals surface area contributed by atoms with Gasteiger partial charge in [-0.3, -0.25) is 0 Å². The number of H-pyrrole nitrogens is 1. The Balaban J connectivity index is 0.000000878. The van der Waals surface area contributed by atoms with Gasteiger partial charge in [-0.2, -0.15) is 0 Å². The van der Waals surface area contributed by atoms with Crippen LogP contribution in [0.2, 0.25) is 0 Å². The number of amidine groups is 1. The molecule has 7 nitrogen and oxygen atoms in total. The number of phenolic OH excluding ortho intramolecular Hbond substituents is 1. The zero-order chi connectivity index (χ0) is 20.4. The predicted octanol–water partition coefficient (Wildman–Crippen LogP) is 3.41. The molecular weight excluding hydrogens is 352 g/mol. The minimum absolute atomic E-state index is 0.113. The Morgan fingerprint density at radius 2 is 2.00 bits per heavy atom. The summed E-state index contributed by atoms with van der Waals surface area (Å²) in [5, 5.41) is 22.3. The molecule has 0 aliphatic carbocycles. The second kappa shape index (κ2) is 11.0. The number of allylic oxidation sites excluding steroid dienone is 1. The summed E-state index contributed by atoms with van der Waals surface area (Å²) >= 11 is 0. The van der Waals surface area contributed by atoms with E-state index in [1.54, 1.807) is 30.6 Å². The van der Waals surface area contributed by atoms with Crippen molar-refractivity contribution in [2.75, 3.05) is 26.2 Å². The van der Waals surface area contributed by atoms with Gasteiger partial charge in [0.2, 0.25) is 0 Å². The van der Waals surface area contributed by atoms with Gasteiger partial charge in [0, 0.05) is 49.7 Å². The third-order valence-electron chi connectivity index (χ3n) is 4.12. The van der Waals surface area contributed by atoms with Crippen LogP contribution in [-0.2, 0) is 0 Å². The van der Waals surface area contributed by atoms with E-state index in [0.717, 1.165) is 37.6 Å². The second-order valence-electron chi connectivity index (χ2n) is 6.45. The predicted molar refractivity (Wildman–Crippen MR) is 116 cm³/mol. The van der Waals surface area contributed by atoms with Gasteiger partial charge in [-0.05, 0) is 25.1 Å². The number of imidazole rings is 1. The fraction of sp³-hybridized carbons (Fsp3) is 0.381. The topological polar surface area (TPSA) is 88.9 Å². The number of nitrogens with zero attached hydrogens (tertiary/aromatic N) is 4. The molecule has 2 heterocycles. The summed E-state index contributed by atoms with van der Waals surface area (Å²) in [6.07, 6.45) is 6.26. The highest BCUT2D eigenvalue weighted by Crippen LogP contribution is 2.25. The molecule has 0 saturated carbocycles. The van der Waals surface area contributed by atoms with Gasteiger partial charge in [0.1, 0.15) is 17.4 Å². The molecule has 1 aliphatic heterocycles. The van der Waals surface area contributed by atoms with Crippen molar-refractivity contribution < 1.29 is 5.11 Å². The van der Waals surface area contributed by atoms with Gasteiger partial charge in [0.15, 0.2) is 0 Å². The van der Waals surface area contributed by atoms with E-state index in [-0.39, 0.29) is 5.75 Å². The second-order valence-corrected chi connectivity index (χ2v) is 6.45. The molecule has 1 aliphatic rings. The van der Waals surface area contributed by atoms with Crippen LogP contribution < -0.4 is 5.32 Å². The van der Waals surface area contributed by atoms with Crippen LogP contribution in [0.4, 0.5) is 0 Å². The fourth-order valence-corrected chi connectivity index (χ4v) is 2.70. The van der Waals surface area contributed by atoms with Gasteiger partial charge in [-0.1, -0.05) is 32.9 Å². The maximum Gasteiger partial charge on any atom is 0.137 e. The number of nitrogens with one attached hydrogen (secondary N) is 2. The normalized spacial score (nSPS) is 15.0. The first kappa shape index (κ1) is 21.4. The van der Waals surface area contributed by atoms with Gasteiger partial charge in [-0.15, -0.1) is 10.2 Å². The summed E-state index contributed by atoms with van der Waals surface area (Å²) in [4.78, 5) is 9.38. The molecule has 0 unspecified atom stereocenters. The third-order valence-corrected chi connectivity index (χ3v) is 4.12. The Kier molecular flexibility index (Phi) is 8.42. The monoisotopic (exact) mass is 382 g/mol. The van der Waals surface area contributed by atoms with Crippen LogP contribution in [0.15, 0.2) is 53.5 Å². The first-order valence-electron chi connectivity index (χ1n) is 9.64. The molecule has 3 rings (SSSR count). The molecule has 0 radical (unpaired) electrons. The smallest absolute Gasteiger partial charge is 0.137 e. The number of aromatic hydroxyl groups is 1. The molecule has 7 heteroatoms. The molecule has 3 N–H and O–H groups in total. The van der Waals surface area contributed by atoms with Gasteiger partial charge < -0.3 is 20.3 Å². The van der Waals surface area contributed by atoms with E-state index >= 15 is 0 Å². The number of hydrogen-bond acceptors (Lipinski definition) is 5. The Morgan fingerprint density at radius 3 is 2.57 bits per heavy atom. The number of aromatic nitrogens is 2. The number of hydrogen-bond donors (Lipinski definition) is 3. The highest BCUT2D eigenvalue weighted by atomic mass is 16.3. The molecule has 1 aromatic heterocycles. The number of phenols is 1. The van der Waals surface area contributed by atoms with E-state index in [9.17, 15) is 5.11 Å². The molecular formula is C21H30N6O. The van der Waals surface area contributed by atoms with Crippen LogP contribution in [0.25, 0.3) is 11.4 Å². The van der Waals surface area contributed by atoms with Crippen molar-refractivity contribution in [1.82, 2.24) is 20.2 Å². The highest BCUT2D eigenvalue weighted by molar-refractivity contribution is 6.10. The summed E-state index contributed by atoms with van der Waals surface area (Å²) < 4.78 is 0. The first-order valence-corrected chi connectivity index (χ1v) is 9.64. The van der Waals surface area contributed by atoms with Crippen LogP contribution in [0.1, 0.15) is 32.8 Å². The third kappa shape index (κ3) is 5.79. The molecule has 0 amide bonds. The molecule has 0 bridgehead atoms. The Hall–Kier alpha value is -2.93. The highest BCUT2D eigenvalue weighted by Gasteiger charge is 2.12. The van der Waals surface area contributed by atoms with E-state index < -0.39 is 0 Å². The number of benzene rings is 1. The average molecular weight is 383 g/mol. The summed E-state index contributed by atoms with van der Waals surface area (Å²) in [5.41, 5.74) is 1.91. The summed E-state index contributed by atoms with van der Waals surface area (Å²) in [7, 11) is 0. The van der Waals surface area contributed by atoms with Gasteiger partial charge in [0.05, 0.1) is 5.71 Å². The molecule has 1 saturated heterocycles. The van der Waals surface area contributed by atoms with E-state index in [1.807, 2.05) is 13.0 Å². The van der Waals surface area contributed by atoms with Crippen molar-refractivity contribution in [2.24, 2.45) is 10.2 Å². The van der Waals surface area contributed by atoms with Crippen molar-refractivity contribution >= 4 is 11.5 Å². The summed E-state index contributed by atoms with van der Waals surface area (Å²) in [6.45, 7) is 13.7. The van der Waals surface area contributed by atoms with E-state index in [1.165, 1.54) is 6.42 Å². The molecule has 28 heavy (non-hydrogen) atoms. The lowest BCUT2D eigenvalue weighted by atomic mass is 10.1. The van der Waals surface area contributed by atoms with Crippen LogP contribution in [0.3, 0.4) is 0 Å². The molecule has 1 fully saturated rings. The van der Waals surface area contributed by atoms with E-state index in [2.05, 4.69) is 50.8 Å². The Labute approximate surface area is 166 Å². The van der Waals surface area contributed by atoms with Crippen molar-refractivity contribution in [3.8, 4) is 17.1 Å². The number of aromatic amines is 1. The molecule has 2 aromatic rings. The lowest BCUT2D eigenvalue weighted by Crippen LogP contribution is -2.45. The lowest BCUT2D eigenvalue weighted by molar-refractivity contribution is 0.355. The van der Waals surface area contributed by atoms with Crippen molar-refractivity contribution in [1.29, 1.82) is 0 Å². The molecule has 0 atom stereocenters. The zero-order valence-corrected chi connectivity index (χ0v) is 16.9. The Bertz CT molecular complexity index is 804. The van der Waals surface area contributed by atoms with Gasteiger partial charge in [-0.25, -0.2) is 4.98 Å². The largest absolute Gasteiger partial charge is 0.507 e. The number of rotatable bonds is 4. The number of piperazine rings is 1. The summed E-state index contributed by atoms with van der Waals surface area (Å²) in [6, 6.07) is 5.32. The molecule has 150 valence electrons. The minimum Gasteiger partial charge on any atom is -0.507 e. The molecule has 0 spiro atoms. The van der Waals surface area contributed by atoms with Crippen LogP contribution in [-0.4, -0.2) is 57.7 Å². The Morgan fingerprint density at radius 1 is 1.29 bits per heavy atom. The van der Waals surface area contributed by atoms with Crippen LogP contribution in [0.5, 0.6) is 5.75 Å². The SMILES string of the molecule is C=C/C(=N\N=C(/C)N1CCNCC1)c1ccc(-c2ncc[nH]2)cc1O.CCC. The maximum absolute atomic E-state index is 10.4. The maximum atomic E-state index is 10.4. The van der Waals surface area contributed by atoms with Crippen LogP contribution in [0, 0.1) is 0 Å². The van der Waals surface area contributed by atoms with Gasteiger partial charge in [0.25, 0.3) is 0 Å². The van der Waals surface area contributed by atoms with Crippen molar-refractivity contribution in [2.45, 2.75) is 27.2 Å². The minimum atomic E-state index is 0.113. The van der Waals surface area contributed by atoms with Crippen molar-refractivity contribution in [3.05, 3.63) is 48.8 Å². The van der Waals surface area contributed by atoms with E-state index in [0.29, 0.717) is 17.1 Å².